The van der Waals surface area contributed by atoms with Gasteiger partial charge in [-0.1, -0.05) is 0 Å². The molecule has 1 amide bonds. The van der Waals surface area contributed by atoms with Gasteiger partial charge in [-0.25, -0.2) is 0 Å². The average molecular weight is 305 g/mol. The molecule has 2 fully saturated rings. The van der Waals surface area contributed by atoms with Crippen molar-refractivity contribution in [3.05, 3.63) is 33.9 Å². The Labute approximate surface area is 128 Å². The largest absolute Gasteiger partial charge is 0.497 e. The molecule has 7 nitrogen and oxygen atoms in total. The van der Waals surface area contributed by atoms with Gasteiger partial charge in [0.1, 0.15) is 11.3 Å². The molecule has 2 atom stereocenters. The third-order valence-electron chi connectivity index (χ3n) is 4.44. The lowest BCUT2D eigenvalue weighted by molar-refractivity contribution is -0.385. The number of carbonyl (C=O) groups is 1. The first-order valence-electron chi connectivity index (χ1n) is 7.46. The second kappa shape index (κ2) is 5.92. The number of ether oxygens (including phenoxy) is 1. The number of nitrogens with one attached hydrogen (secondary N) is 1. The Kier molecular flexibility index (Phi) is 3.98. The predicted octanol–water partition coefficient (Wildman–Crippen LogP) is 1.57. The molecule has 2 heterocycles. The molecule has 1 aromatic carbocycles. The summed E-state index contributed by atoms with van der Waals surface area (Å²) in [4.78, 5) is 25.1. The zero-order chi connectivity index (χ0) is 15.7. The molecule has 22 heavy (non-hydrogen) atoms. The molecule has 0 saturated carbocycles. The van der Waals surface area contributed by atoms with E-state index >= 15 is 0 Å². The standard InChI is InChI=1S/C15H19N3O4/c1-22-12-4-5-14(18(20)21)13(8-12)15(19)17-7-6-10-2-3-11(9-17)16-10/h4-5,8,10-11,16H,2-3,6-7,9H2,1H3. The molecule has 7 heteroatoms. The molecule has 0 spiro atoms. The lowest BCUT2D eigenvalue weighted by atomic mass is 10.1. The third-order valence-corrected chi connectivity index (χ3v) is 4.44. The SMILES string of the molecule is COc1ccc([N+](=O)[O-])c(C(=O)N2CCC3CCC(C2)N3)c1. The van der Waals surface area contributed by atoms with Crippen molar-refractivity contribution in [1.82, 2.24) is 10.2 Å². The van der Waals surface area contributed by atoms with Gasteiger partial charge in [0, 0.05) is 31.2 Å². The Morgan fingerprint density at radius 1 is 1.36 bits per heavy atom. The van der Waals surface area contributed by atoms with Crippen molar-refractivity contribution in [3.8, 4) is 5.75 Å². The minimum Gasteiger partial charge on any atom is -0.497 e. The van der Waals surface area contributed by atoms with Gasteiger partial charge < -0.3 is 15.0 Å². The van der Waals surface area contributed by atoms with E-state index in [0.717, 1.165) is 19.3 Å². The summed E-state index contributed by atoms with van der Waals surface area (Å²) in [6.07, 6.45) is 3.08. The van der Waals surface area contributed by atoms with Crippen molar-refractivity contribution < 1.29 is 14.5 Å². The first-order valence-corrected chi connectivity index (χ1v) is 7.46. The topological polar surface area (TPSA) is 84.7 Å². The van der Waals surface area contributed by atoms with Crippen LogP contribution >= 0.6 is 0 Å². The second-order valence-electron chi connectivity index (χ2n) is 5.82. The van der Waals surface area contributed by atoms with Crippen LogP contribution in [0.15, 0.2) is 18.2 Å². The highest BCUT2D eigenvalue weighted by molar-refractivity contribution is 5.98. The van der Waals surface area contributed by atoms with Crippen LogP contribution in [0.1, 0.15) is 29.6 Å². The normalized spacial score (nSPS) is 24.0. The van der Waals surface area contributed by atoms with Crippen LogP contribution in [0.2, 0.25) is 0 Å². The molecule has 2 aliphatic rings. The van der Waals surface area contributed by atoms with Gasteiger partial charge in [-0.05, 0) is 31.4 Å². The number of methoxy groups -OCH3 is 1. The van der Waals surface area contributed by atoms with E-state index in [9.17, 15) is 14.9 Å². The Morgan fingerprint density at radius 3 is 2.86 bits per heavy atom. The van der Waals surface area contributed by atoms with Gasteiger partial charge in [0.2, 0.25) is 0 Å². The van der Waals surface area contributed by atoms with E-state index < -0.39 is 4.92 Å². The molecule has 0 aromatic heterocycles. The highest BCUT2D eigenvalue weighted by Crippen LogP contribution is 2.27. The Bertz CT molecular complexity index is 604. The van der Waals surface area contributed by atoms with E-state index in [1.54, 1.807) is 4.90 Å². The smallest absolute Gasteiger partial charge is 0.282 e. The van der Waals surface area contributed by atoms with Crippen molar-refractivity contribution in [1.29, 1.82) is 0 Å². The number of hydrogen-bond acceptors (Lipinski definition) is 5. The van der Waals surface area contributed by atoms with Gasteiger partial charge in [-0.15, -0.1) is 0 Å². The van der Waals surface area contributed by atoms with Crippen LogP contribution in [0.5, 0.6) is 5.75 Å². The number of nitro benzene ring substituents is 1. The number of nitro groups is 1. The molecule has 1 aromatic rings. The van der Waals surface area contributed by atoms with E-state index in [0.29, 0.717) is 30.9 Å². The van der Waals surface area contributed by atoms with Crippen molar-refractivity contribution >= 4 is 11.6 Å². The molecule has 2 aliphatic heterocycles. The van der Waals surface area contributed by atoms with Gasteiger partial charge in [0.15, 0.2) is 0 Å². The fraction of sp³-hybridized carbons (Fsp3) is 0.533. The molecule has 2 saturated heterocycles. The maximum absolute atomic E-state index is 12.8. The van der Waals surface area contributed by atoms with Gasteiger partial charge in [-0.3, -0.25) is 14.9 Å². The molecule has 3 rings (SSSR count). The fourth-order valence-corrected chi connectivity index (χ4v) is 3.27. The highest BCUT2D eigenvalue weighted by atomic mass is 16.6. The molecule has 0 aliphatic carbocycles. The lowest BCUT2D eigenvalue weighted by Gasteiger charge is -2.24. The van der Waals surface area contributed by atoms with Crippen molar-refractivity contribution in [2.24, 2.45) is 0 Å². The molecule has 2 unspecified atom stereocenters. The van der Waals surface area contributed by atoms with Crippen molar-refractivity contribution in [2.75, 3.05) is 20.2 Å². The van der Waals surface area contributed by atoms with Crippen molar-refractivity contribution in [3.63, 3.8) is 0 Å². The summed E-state index contributed by atoms with van der Waals surface area (Å²) in [5.41, 5.74) is -0.0738. The first-order chi connectivity index (χ1) is 10.6. The van der Waals surface area contributed by atoms with E-state index in [-0.39, 0.29) is 17.2 Å². The quantitative estimate of drug-likeness (QED) is 0.677. The van der Waals surface area contributed by atoms with Crippen LogP contribution in [0.4, 0.5) is 5.69 Å². The summed E-state index contributed by atoms with van der Waals surface area (Å²) >= 11 is 0. The van der Waals surface area contributed by atoms with Crippen LogP contribution in [0, 0.1) is 10.1 Å². The van der Waals surface area contributed by atoms with E-state index in [1.165, 1.54) is 25.3 Å². The number of carbonyl (C=O) groups excluding carboxylic acids is 1. The zero-order valence-electron chi connectivity index (χ0n) is 12.4. The van der Waals surface area contributed by atoms with E-state index in [4.69, 9.17) is 4.74 Å². The summed E-state index contributed by atoms with van der Waals surface area (Å²) in [5, 5.41) is 14.7. The van der Waals surface area contributed by atoms with Gasteiger partial charge in [-0.2, -0.15) is 0 Å². The molecule has 0 radical (unpaired) electrons. The van der Waals surface area contributed by atoms with Crippen LogP contribution in [-0.2, 0) is 0 Å². The minimum absolute atomic E-state index is 0.0992. The maximum Gasteiger partial charge on any atom is 0.282 e. The molecule has 1 N–H and O–H groups in total. The monoisotopic (exact) mass is 305 g/mol. The maximum atomic E-state index is 12.8. The number of hydrogen-bond donors (Lipinski definition) is 1. The molecule has 118 valence electrons. The number of nitrogens with zero attached hydrogens (tertiary/aromatic N) is 2. The molecular weight excluding hydrogens is 286 g/mol. The molecular formula is C15H19N3O4. The number of fused-ring (bicyclic) bond motifs is 2. The summed E-state index contributed by atoms with van der Waals surface area (Å²) < 4.78 is 5.10. The third kappa shape index (κ3) is 2.76. The first kappa shape index (κ1) is 14.8. The average Bonchev–Trinajstić information content (AvgIpc) is 2.85. The van der Waals surface area contributed by atoms with Crippen LogP contribution in [-0.4, -0.2) is 48.0 Å². The van der Waals surface area contributed by atoms with Crippen molar-refractivity contribution in [2.45, 2.75) is 31.3 Å². The number of benzene rings is 1. The van der Waals surface area contributed by atoms with Crippen LogP contribution in [0.25, 0.3) is 0 Å². The minimum atomic E-state index is -0.519. The Hall–Kier alpha value is -2.15. The molecule has 2 bridgehead atoms. The van der Waals surface area contributed by atoms with Crippen LogP contribution < -0.4 is 10.1 Å². The fourth-order valence-electron chi connectivity index (χ4n) is 3.27. The van der Waals surface area contributed by atoms with Crippen LogP contribution in [0.3, 0.4) is 0 Å². The second-order valence-corrected chi connectivity index (χ2v) is 5.82. The van der Waals surface area contributed by atoms with E-state index in [2.05, 4.69) is 5.32 Å². The number of amides is 1. The Balaban J connectivity index is 1.88. The predicted molar refractivity (Wildman–Crippen MR) is 80.1 cm³/mol. The van der Waals surface area contributed by atoms with E-state index in [1.807, 2.05) is 0 Å². The number of likely N-dealkylation sites (tertiary alicyclic amines) is 1. The zero-order valence-corrected chi connectivity index (χ0v) is 12.4. The Morgan fingerprint density at radius 2 is 2.14 bits per heavy atom. The highest BCUT2D eigenvalue weighted by Gasteiger charge is 2.33. The lowest BCUT2D eigenvalue weighted by Crippen LogP contribution is -2.39. The van der Waals surface area contributed by atoms with Gasteiger partial charge in [0.25, 0.3) is 11.6 Å². The summed E-state index contributed by atoms with van der Waals surface area (Å²) in [7, 11) is 1.48. The van der Waals surface area contributed by atoms with Gasteiger partial charge in [0.05, 0.1) is 12.0 Å². The summed E-state index contributed by atoms with van der Waals surface area (Å²) in [5.74, 6) is 0.156. The number of rotatable bonds is 3. The van der Waals surface area contributed by atoms with Gasteiger partial charge >= 0.3 is 0 Å². The summed E-state index contributed by atoms with van der Waals surface area (Å²) in [6, 6.07) is 5.04. The summed E-state index contributed by atoms with van der Waals surface area (Å²) in [6.45, 7) is 1.23.